The van der Waals surface area contributed by atoms with Gasteiger partial charge in [-0.25, -0.2) is 4.79 Å². The van der Waals surface area contributed by atoms with Gasteiger partial charge >= 0.3 is 6.03 Å². The van der Waals surface area contributed by atoms with Gasteiger partial charge in [-0.3, -0.25) is 0 Å². The minimum Gasteiger partial charge on any atom is -0.385 e. The number of carbonyl (C=O) groups is 1. The van der Waals surface area contributed by atoms with Gasteiger partial charge in [0, 0.05) is 57.4 Å². The molecule has 1 aliphatic carbocycles. The van der Waals surface area contributed by atoms with Gasteiger partial charge in [-0.05, 0) is 69.2 Å². The number of likely N-dealkylation sites (N-methyl/N-ethyl adjacent to an activating group) is 1. The second-order valence-corrected chi connectivity index (χ2v) is 11.2. The Hall–Kier alpha value is -1.34. The van der Waals surface area contributed by atoms with E-state index in [1.54, 1.807) is 7.11 Å². The summed E-state index contributed by atoms with van der Waals surface area (Å²) in [5.41, 5.74) is 0.622. The third kappa shape index (κ3) is 8.08. The minimum absolute atomic E-state index is 0.0613. The number of amides is 2. The Balaban J connectivity index is 1.72. The number of hydrogen-bond acceptors (Lipinski definition) is 4. The molecule has 36 heavy (non-hydrogen) atoms. The van der Waals surface area contributed by atoms with Crippen LogP contribution < -0.4 is 10.6 Å². The Morgan fingerprint density at radius 3 is 2.67 bits per heavy atom. The minimum atomic E-state index is -0.482. The van der Waals surface area contributed by atoms with E-state index in [1.807, 2.05) is 37.3 Å². The fourth-order valence-electron chi connectivity index (χ4n) is 6.43. The van der Waals surface area contributed by atoms with Crippen LogP contribution >= 0.6 is 11.6 Å². The molecule has 3 rings (SSSR count). The molecule has 0 radical (unpaired) electrons. The van der Waals surface area contributed by atoms with Gasteiger partial charge in [0.2, 0.25) is 0 Å². The number of halogens is 1. The SMILES string of the molecule is CNCC(CC1CCCCC1)NC(=O)N1CCCC([C@](CCCCOC)(OC)c2cccc(Cl)c2)C1. The highest BCUT2D eigenvalue weighted by Crippen LogP contribution is 2.43. The molecule has 3 atom stereocenters. The monoisotopic (exact) mass is 521 g/mol. The average Bonchev–Trinajstić information content (AvgIpc) is 2.90. The number of nitrogens with zero attached hydrogens (tertiary/aromatic N) is 1. The molecule has 2 N–H and O–H groups in total. The van der Waals surface area contributed by atoms with Gasteiger partial charge < -0.3 is 25.0 Å². The van der Waals surface area contributed by atoms with E-state index in [0.29, 0.717) is 11.6 Å². The first kappa shape index (κ1) is 29.2. The summed E-state index contributed by atoms with van der Waals surface area (Å²) in [7, 11) is 5.52. The predicted octanol–water partition coefficient (Wildman–Crippen LogP) is 5.98. The number of benzene rings is 1. The fourth-order valence-corrected chi connectivity index (χ4v) is 6.62. The molecule has 0 spiro atoms. The zero-order chi connectivity index (χ0) is 25.8. The number of nitrogens with one attached hydrogen (secondary N) is 2. The molecule has 0 aromatic heterocycles. The number of carbonyl (C=O) groups excluding carboxylic acids is 1. The predicted molar refractivity (Wildman–Crippen MR) is 148 cm³/mol. The smallest absolute Gasteiger partial charge is 0.317 e. The summed E-state index contributed by atoms with van der Waals surface area (Å²) in [5, 5.41) is 7.39. The molecule has 2 fully saturated rings. The molecule has 6 nitrogen and oxygen atoms in total. The van der Waals surface area contributed by atoms with Gasteiger partial charge in [0.25, 0.3) is 0 Å². The zero-order valence-electron chi connectivity index (χ0n) is 22.7. The number of likely N-dealkylation sites (tertiary alicyclic amines) is 1. The van der Waals surface area contributed by atoms with Crippen LogP contribution in [0.3, 0.4) is 0 Å². The van der Waals surface area contributed by atoms with Crippen LogP contribution in [0.25, 0.3) is 0 Å². The molecule has 2 amide bonds. The second kappa shape index (κ2) is 15.2. The molecule has 2 unspecified atom stereocenters. The van der Waals surface area contributed by atoms with Gasteiger partial charge in [-0.2, -0.15) is 0 Å². The third-order valence-electron chi connectivity index (χ3n) is 8.31. The first-order valence-electron chi connectivity index (χ1n) is 14.0. The number of ether oxygens (including phenoxy) is 2. The number of rotatable bonds is 13. The summed E-state index contributed by atoms with van der Waals surface area (Å²) >= 11 is 6.42. The van der Waals surface area contributed by atoms with E-state index in [0.717, 1.165) is 69.7 Å². The van der Waals surface area contributed by atoms with Gasteiger partial charge in [0.15, 0.2) is 0 Å². The highest BCUT2D eigenvalue weighted by molar-refractivity contribution is 6.30. The van der Waals surface area contributed by atoms with Gasteiger partial charge in [-0.15, -0.1) is 0 Å². The molecular weight excluding hydrogens is 474 g/mol. The standard InChI is InChI=1S/C29H48ClN3O3/c1-31-21-27(19-23-11-5-4-6-12-23)32-28(34)33-17-10-14-25(22-33)29(36-3,16-7-8-18-35-2)24-13-9-15-26(30)20-24/h9,13,15,20,23,25,27,31H,4-8,10-12,14,16-19,21-22H2,1-3H3,(H,32,34)/t25?,27?,29-/m1/s1. The van der Waals surface area contributed by atoms with Crippen molar-refractivity contribution in [3.05, 3.63) is 34.9 Å². The number of piperidine rings is 1. The van der Waals surface area contributed by atoms with Crippen molar-refractivity contribution in [2.75, 3.05) is 47.5 Å². The molecule has 7 heteroatoms. The number of methoxy groups -OCH3 is 2. The summed E-state index contributed by atoms with van der Waals surface area (Å²) in [6.45, 7) is 3.02. The summed E-state index contributed by atoms with van der Waals surface area (Å²) in [5.74, 6) is 0.923. The average molecular weight is 522 g/mol. The summed E-state index contributed by atoms with van der Waals surface area (Å²) < 4.78 is 11.7. The van der Waals surface area contributed by atoms with Crippen molar-refractivity contribution in [2.45, 2.75) is 82.3 Å². The van der Waals surface area contributed by atoms with Crippen molar-refractivity contribution in [1.82, 2.24) is 15.5 Å². The first-order chi connectivity index (χ1) is 17.5. The number of unbranched alkanes of at least 4 members (excludes halogenated alkanes) is 1. The molecular formula is C29H48ClN3O3. The van der Waals surface area contributed by atoms with E-state index < -0.39 is 5.60 Å². The van der Waals surface area contributed by atoms with Crippen molar-refractivity contribution >= 4 is 17.6 Å². The highest BCUT2D eigenvalue weighted by atomic mass is 35.5. The van der Waals surface area contributed by atoms with Crippen molar-refractivity contribution < 1.29 is 14.3 Å². The van der Waals surface area contributed by atoms with Crippen molar-refractivity contribution in [3.8, 4) is 0 Å². The molecule has 204 valence electrons. The third-order valence-corrected chi connectivity index (χ3v) is 8.55. The Morgan fingerprint density at radius 1 is 1.17 bits per heavy atom. The maximum atomic E-state index is 13.5. The van der Waals surface area contributed by atoms with E-state index in [2.05, 4.69) is 16.7 Å². The quantitative estimate of drug-likeness (QED) is 0.313. The van der Waals surface area contributed by atoms with E-state index in [1.165, 1.54) is 32.1 Å². The van der Waals surface area contributed by atoms with Crippen molar-refractivity contribution in [1.29, 1.82) is 0 Å². The molecule has 2 aliphatic rings. The fraction of sp³-hybridized carbons (Fsp3) is 0.759. The largest absolute Gasteiger partial charge is 0.385 e. The molecule has 1 heterocycles. The molecule has 1 aromatic carbocycles. The Labute approximate surface area is 223 Å². The summed E-state index contributed by atoms with van der Waals surface area (Å²) in [6.07, 6.45) is 12.5. The lowest BCUT2D eigenvalue weighted by Gasteiger charge is -2.45. The Kier molecular flexibility index (Phi) is 12.3. The number of hydrogen-bond donors (Lipinski definition) is 2. The van der Waals surface area contributed by atoms with Crippen LogP contribution in [0, 0.1) is 11.8 Å². The molecule has 1 aromatic rings. The van der Waals surface area contributed by atoms with Crippen molar-refractivity contribution in [3.63, 3.8) is 0 Å². The van der Waals surface area contributed by atoms with Crippen LogP contribution in [0.2, 0.25) is 5.02 Å². The summed E-state index contributed by atoms with van der Waals surface area (Å²) in [4.78, 5) is 15.5. The van der Waals surface area contributed by atoms with Crippen LogP contribution in [0.5, 0.6) is 0 Å². The van der Waals surface area contributed by atoms with Crippen LogP contribution in [-0.2, 0) is 15.1 Å². The van der Waals surface area contributed by atoms with Crippen LogP contribution in [0.1, 0.15) is 76.2 Å². The molecule has 1 saturated carbocycles. The zero-order valence-corrected chi connectivity index (χ0v) is 23.5. The summed E-state index contributed by atoms with van der Waals surface area (Å²) in [6, 6.07) is 8.30. The van der Waals surface area contributed by atoms with Gasteiger partial charge in [0.1, 0.15) is 0 Å². The van der Waals surface area contributed by atoms with E-state index in [-0.39, 0.29) is 18.0 Å². The topological polar surface area (TPSA) is 62.8 Å². The van der Waals surface area contributed by atoms with Crippen LogP contribution in [0.15, 0.2) is 24.3 Å². The van der Waals surface area contributed by atoms with Crippen LogP contribution in [0.4, 0.5) is 4.79 Å². The maximum Gasteiger partial charge on any atom is 0.317 e. The highest BCUT2D eigenvalue weighted by Gasteiger charge is 2.43. The van der Waals surface area contributed by atoms with Gasteiger partial charge in [-0.1, -0.05) is 55.8 Å². The van der Waals surface area contributed by atoms with E-state index in [4.69, 9.17) is 21.1 Å². The molecule has 0 bridgehead atoms. The number of urea groups is 1. The van der Waals surface area contributed by atoms with Crippen molar-refractivity contribution in [2.24, 2.45) is 11.8 Å². The maximum absolute atomic E-state index is 13.5. The molecule has 1 saturated heterocycles. The lowest BCUT2D eigenvalue weighted by Crippen LogP contribution is -2.54. The normalized spacial score (nSPS) is 21.7. The first-order valence-corrected chi connectivity index (χ1v) is 14.4. The van der Waals surface area contributed by atoms with Gasteiger partial charge in [0.05, 0.1) is 5.60 Å². The van der Waals surface area contributed by atoms with E-state index >= 15 is 0 Å². The second-order valence-electron chi connectivity index (χ2n) is 10.8. The lowest BCUT2D eigenvalue weighted by molar-refractivity contribution is -0.0895. The Morgan fingerprint density at radius 2 is 1.97 bits per heavy atom. The Bertz CT molecular complexity index is 789. The molecule has 1 aliphatic heterocycles. The van der Waals surface area contributed by atoms with E-state index in [9.17, 15) is 4.79 Å². The van der Waals surface area contributed by atoms with Crippen LogP contribution in [-0.4, -0.2) is 64.5 Å². The lowest BCUT2D eigenvalue weighted by atomic mass is 9.74.